The fraction of sp³-hybridized carbons (Fsp3) is 0.625. The molecule has 0 amide bonds. The lowest BCUT2D eigenvalue weighted by atomic mass is 9.89. The van der Waals surface area contributed by atoms with Gasteiger partial charge in [-0.3, -0.25) is 10.1 Å². The van der Waals surface area contributed by atoms with Crippen LogP contribution < -0.4 is 9.64 Å². The van der Waals surface area contributed by atoms with E-state index in [-0.39, 0.29) is 0 Å². The Morgan fingerprint density at radius 3 is 2.62 bits per heavy atom. The molecule has 0 spiro atoms. The smallest absolute Gasteiger partial charge is 0.387 e. The van der Waals surface area contributed by atoms with Crippen molar-refractivity contribution in [2.75, 3.05) is 24.6 Å². The van der Waals surface area contributed by atoms with Crippen LogP contribution >= 0.6 is 0 Å². The highest BCUT2D eigenvalue weighted by Crippen LogP contribution is 2.35. The molecule has 132 valence electrons. The summed E-state index contributed by atoms with van der Waals surface area (Å²) in [6.07, 6.45) is 4.48. The Hall–Kier alpha value is -1.96. The van der Waals surface area contributed by atoms with Gasteiger partial charge in [-0.25, -0.2) is 0 Å². The minimum Gasteiger partial charge on any atom is -0.427 e. The molecular formula is C16H20F2N2O4. The van der Waals surface area contributed by atoms with E-state index in [0.717, 1.165) is 45.4 Å². The molecule has 2 fully saturated rings. The minimum atomic E-state index is -3.09. The van der Waals surface area contributed by atoms with E-state index in [1.165, 1.54) is 12.1 Å². The molecule has 8 heteroatoms. The highest BCUT2D eigenvalue weighted by molar-refractivity contribution is 5.59. The van der Waals surface area contributed by atoms with E-state index >= 15 is 0 Å². The van der Waals surface area contributed by atoms with Gasteiger partial charge in [-0.2, -0.15) is 8.78 Å². The van der Waals surface area contributed by atoms with Gasteiger partial charge in [0, 0.05) is 37.5 Å². The quantitative estimate of drug-likeness (QED) is 0.604. The molecule has 0 aromatic heterocycles. The van der Waals surface area contributed by atoms with Crippen molar-refractivity contribution >= 4 is 11.4 Å². The lowest BCUT2D eigenvalue weighted by Crippen LogP contribution is -2.37. The third kappa shape index (κ3) is 3.75. The van der Waals surface area contributed by atoms with Gasteiger partial charge in [0.05, 0.1) is 11.0 Å². The van der Waals surface area contributed by atoms with Crippen LogP contribution in [0.5, 0.6) is 5.75 Å². The number of alkyl halides is 2. The first-order valence-corrected chi connectivity index (χ1v) is 8.14. The summed E-state index contributed by atoms with van der Waals surface area (Å²) < 4.78 is 35.0. The molecule has 0 N–H and O–H groups in total. The molecule has 1 aromatic rings. The van der Waals surface area contributed by atoms with Crippen LogP contribution in [0.2, 0.25) is 0 Å². The molecule has 1 aromatic carbocycles. The predicted octanol–water partition coefficient (Wildman–Crippen LogP) is 3.59. The summed E-state index contributed by atoms with van der Waals surface area (Å²) in [4.78, 5) is 12.3. The molecule has 1 atom stereocenters. The Kier molecular flexibility index (Phi) is 5.13. The first-order chi connectivity index (χ1) is 11.5. The second-order valence-electron chi connectivity index (χ2n) is 6.16. The maximum Gasteiger partial charge on any atom is 0.387 e. The molecule has 3 rings (SSSR count). The fourth-order valence-corrected chi connectivity index (χ4v) is 3.54. The van der Waals surface area contributed by atoms with Crippen molar-refractivity contribution in [3.05, 3.63) is 28.3 Å². The molecule has 0 bridgehead atoms. The standard InChI is InChI=1S/C16H20F2N2O4/c17-16(18)24-15-10-12(3-4-13(15)20(21)22)19-7-5-11(6-8-19)14-2-1-9-23-14/h3-4,10-11,14,16H,1-2,5-9H2. The highest BCUT2D eigenvalue weighted by atomic mass is 19.3. The first-order valence-electron chi connectivity index (χ1n) is 8.14. The van der Waals surface area contributed by atoms with E-state index in [1.54, 1.807) is 6.07 Å². The number of nitro groups is 1. The number of hydrogen-bond acceptors (Lipinski definition) is 5. The summed E-state index contributed by atoms with van der Waals surface area (Å²) in [6.45, 7) is -0.710. The number of benzene rings is 1. The molecule has 0 radical (unpaired) electrons. The van der Waals surface area contributed by atoms with Gasteiger partial charge in [-0.15, -0.1) is 0 Å². The second kappa shape index (κ2) is 7.29. The van der Waals surface area contributed by atoms with E-state index in [1.807, 2.05) is 4.90 Å². The van der Waals surface area contributed by atoms with Crippen LogP contribution in [0.25, 0.3) is 0 Å². The van der Waals surface area contributed by atoms with E-state index in [0.29, 0.717) is 17.7 Å². The van der Waals surface area contributed by atoms with Gasteiger partial charge < -0.3 is 14.4 Å². The van der Waals surface area contributed by atoms with E-state index in [2.05, 4.69) is 4.74 Å². The van der Waals surface area contributed by atoms with Crippen LogP contribution in [0.4, 0.5) is 20.2 Å². The average Bonchev–Trinajstić information content (AvgIpc) is 3.08. The molecule has 0 saturated carbocycles. The molecule has 2 saturated heterocycles. The van der Waals surface area contributed by atoms with Gasteiger partial charge in [-0.1, -0.05) is 0 Å². The van der Waals surface area contributed by atoms with Crippen LogP contribution in [0.1, 0.15) is 25.7 Å². The third-order valence-corrected chi connectivity index (χ3v) is 4.75. The number of nitrogens with zero attached hydrogens (tertiary/aromatic N) is 2. The maximum absolute atomic E-state index is 12.5. The topological polar surface area (TPSA) is 64.8 Å². The largest absolute Gasteiger partial charge is 0.427 e. The van der Waals surface area contributed by atoms with Crippen LogP contribution in [0, 0.1) is 16.0 Å². The minimum absolute atomic E-state index is 0.335. The van der Waals surface area contributed by atoms with Gasteiger partial charge >= 0.3 is 12.3 Å². The number of halogens is 2. The van der Waals surface area contributed by atoms with Gasteiger partial charge in [0.25, 0.3) is 0 Å². The Morgan fingerprint density at radius 2 is 2.04 bits per heavy atom. The summed E-state index contributed by atoms with van der Waals surface area (Å²) in [5, 5.41) is 10.9. The van der Waals surface area contributed by atoms with Crippen LogP contribution in [-0.4, -0.2) is 37.3 Å². The van der Waals surface area contributed by atoms with Crippen molar-refractivity contribution < 1.29 is 23.2 Å². The zero-order valence-electron chi connectivity index (χ0n) is 13.2. The van der Waals surface area contributed by atoms with Gasteiger partial charge in [0.15, 0.2) is 0 Å². The number of nitro benzene ring substituents is 1. The van der Waals surface area contributed by atoms with Crippen LogP contribution in [0.15, 0.2) is 18.2 Å². The Morgan fingerprint density at radius 1 is 1.29 bits per heavy atom. The molecule has 6 nitrogen and oxygen atoms in total. The molecule has 0 aliphatic carbocycles. The van der Waals surface area contributed by atoms with Gasteiger partial charge in [0.1, 0.15) is 0 Å². The monoisotopic (exact) mass is 342 g/mol. The predicted molar refractivity (Wildman–Crippen MR) is 83.6 cm³/mol. The number of hydrogen-bond donors (Lipinski definition) is 0. The van der Waals surface area contributed by atoms with Crippen molar-refractivity contribution in [1.82, 2.24) is 0 Å². The van der Waals surface area contributed by atoms with E-state index in [4.69, 9.17) is 4.74 Å². The Labute approximate surface area is 138 Å². The maximum atomic E-state index is 12.5. The Bertz CT molecular complexity index is 585. The highest BCUT2D eigenvalue weighted by Gasteiger charge is 2.30. The van der Waals surface area contributed by atoms with Gasteiger partial charge in [-0.05, 0) is 37.7 Å². The number of rotatable bonds is 5. The normalized spacial score (nSPS) is 22.1. The second-order valence-corrected chi connectivity index (χ2v) is 6.16. The van der Waals surface area contributed by atoms with E-state index < -0.39 is 23.0 Å². The molecule has 2 aliphatic rings. The fourth-order valence-electron chi connectivity index (χ4n) is 3.54. The molecular weight excluding hydrogens is 322 g/mol. The zero-order valence-corrected chi connectivity index (χ0v) is 13.2. The van der Waals surface area contributed by atoms with Crippen molar-refractivity contribution in [3.8, 4) is 5.75 Å². The zero-order chi connectivity index (χ0) is 17.1. The molecule has 2 aliphatic heterocycles. The van der Waals surface area contributed by atoms with Crippen LogP contribution in [0.3, 0.4) is 0 Å². The lowest BCUT2D eigenvalue weighted by molar-refractivity contribution is -0.386. The first kappa shape index (κ1) is 16.9. The molecule has 1 unspecified atom stereocenters. The third-order valence-electron chi connectivity index (χ3n) is 4.75. The summed E-state index contributed by atoms with van der Waals surface area (Å²) in [5.74, 6) is 0.132. The summed E-state index contributed by atoms with van der Waals surface area (Å²) in [6, 6.07) is 4.14. The van der Waals surface area contributed by atoms with Crippen molar-refractivity contribution in [1.29, 1.82) is 0 Å². The van der Waals surface area contributed by atoms with Crippen LogP contribution in [-0.2, 0) is 4.74 Å². The summed E-state index contributed by atoms with van der Waals surface area (Å²) >= 11 is 0. The molecule has 2 heterocycles. The molecule has 24 heavy (non-hydrogen) atoms. The number of anilines is 1. The van der Waals surface area contributed by atoms with Crippen molar-refractivity contribution in [3.63, 3.8) is 0 Å². The average molecular weight is 342 g/mol. The summed E-state index contributed by atoms with van der Waals surface area (Å²) in [5.41, 5.74) is 0.218. The Balaban J connectivity index is 1.69. The summed E-state index contributed by atoms with van der Waals surface area (Å²) in [7, 11) is 0. The van der Waals surface area contributed by atoms with E-state index in [9.17, 15) is 18.9 Å². The number of ether oxygens (including phenoxy) is 2. The van der Waals surface area contributed by atoms with Crippen molar-refractivity contribution in [2.45, 2.75) is 38.4 Å². The van der Waals surface area contributed by atoms with Gasteiger partial charge in [0.2, 0.25) is 5.75 Å². The van der Waals surface area contributed by atoms with Crippen molar-refractivity contribution in [2.24, 2.45) is 5.92 Å². The SMILES string of the molecule is O=[N+]([O-])c1ccc(N2CCC(C3CCCO3)CC2)cc1OC(F)F. The lowest BCUT2D eigenvalue weighted by Gasteiger charge is -2.35. The number of piperidine rings is 1.